The van der Waals surface area contributed by atoms with Gasteiger partial charge >= 0.3 is 0 Å². The van der Waals surface area contributed by atoms with Gasteiger partial charge in [-0.1, -0.05) is 72.8 Å². The average molecular weight is 338 g/mol. The quantitative estimate of drug-likeness (QED) is 0.647. The molecule has 0 N–H and O–H groups in total. The molecule has 0 amide bonds. The molecule has 0 spiro atoms. The molecule has 0 atom stereocenters. The van der Waals surface area contributed by atoms with Crippen molar-refractivity contribution in [1.29, 1.82) is 0 Å². The third-order valence-corrected chi connectivity index (χ3v) is 4.58. The fourth-order valence-electron chi connectivity index (χ4n) is 3.26. The molecule has 2 heteroatoms. The lowest BCUT2D eigenvalue weighted by Gasteiger charge is -2.08. The fourth-order valence-corrected chi connectivity index (χ4v) is 3.26. The molecule has 0 aromatic heterocycles. The molecule has 126 valence electrons. The van der Waals surface area contributed by atoms with Crippen LogP contribution < -0.4 is 4.74 Å². The molecule has 1 aliphatic carbocycles. The van der Waals surface area contributed by atoms with Crippen LogP contribution in [-0.2, 0) is 4.79 Å². The number of carbonyl (C=O) groups is 1. The van der Waals surface area contributed by atoms with Crippen LogP contribution in [0.2, 0.25) is 0 Å². The number of Topliss-reactive ketones (excluding diaryl/α,β-unsaturated/α-hetero) is 1. The minimum atomic E-state index is 0.0558. The lowest BCUT2D eigenvalue weighted by molar-refractivity contribution is -0.108. The maximum absolute atomic E-state index is 13.3. The van der Waals surface area contributed by atoms with E-state index in [4.69, 9.17) is 4.74 Å². The summed E-state index contributed by atoms with van der Waals surface area (Å²) in [7, 11) is 1.64. The summed E-state index contributed by atoms with van der Waals surface area (Å²) >= 11 is 0. The van der Waals surface area contributed by atoms with Gasteiger partial charge in [0.1, 0.15) is 5.75 Å². The van der Waals surface area contributed by atoms with Crippen molar-refractivity contribution in [2.24, 2.45) is 0 Å². The smallest absolute Gasteiger partial charge is 0.194 e. The third-order valence-electron chi connectivity index (χ3n) is 4.58. The lowest BCUT2D eigenvalue weighted by atomic mass is 9.95. The molecular weight excluding hydrogens is 320 g/mol. The monoisotopic (exact) mass is 338 g/mol. The van der Waals surface area contributed by atoms with Gasteiger partial charge in [0, 0.05) is 11.1 Å². The number of carbonyl (C=O) groups excluding carboxylic acids is 1. The molecule has 3 aromatic carbocycles. The minimum Gasteiger partial charge on any atom is -0.497 e. The van der Waals surface area contributed by atoms with Gasteiger partial charge in [0.25, 0.3) is 0 Å². The van der Waals surface area contributed by atoms with Gasteiger partial charge < -0.3 is 4.74 Å². The van der Waals surface area contributed by atoms with Crippen molar-refractivity contribution in [1.82, 2.24) is 0 Å². The van der Waals surface area contributed by atoms with Crippen LogP contribution in [0.3, 0.4) is 0 Å². The third kappa shape index (κ3) is 2.86. The van der Waals surface area contributed by atoms with Crippen LogP contribution in [0.1, 0.15) is 16.7 Å². The molecule has 4 rings (SSSR count). The Morgan fingerprint density at radius 3 is 1.81 bits per heavy atom. The highest BCUT2D eigenvalue weighted by Gasteiger charge is 2.28. The number of methoxy groups -OCH3 is 1. The number of hydrogen-bond donors (Lipinski definition) is 0. The molecule has 26 heavy (non-hydrogen) atoms. The summed E-state index contributed by atoms with van der Waals surface area (Å²) in [6, 6.07) is 27.5. The first-order valence-corrected chi connectivity index (χ1v) is 8.54. The summed E-state index contributed by atoms with van der Waals surface area (Å²) in [5.74, 6) is 0.833. The molecular formula is C24H18O2. The van der Waals surface area contributed by atoms with Crippen LogP contribution in [-0.4, -0.2) is 12.9 Å². The van der Waals surface area contributed by atoms with Gasteiger partial charge in [0.2, 0.25) is 0 Å². The molecule has 0 bridgehead atoms. The van der Waals surface area contributed by atoms with Gasteiger partial charge in [-0.2, -0.15) is 0 Å². The lowest BCUT2D eigenvalue weighted by Crippen LogP contribution is -2.01. The standard InChI is InChI=1S/C24H18O2/c1-26-20-14-12-18(13-15-20)22-16-21(17-8-4-2-5-9-17)23(24(22)25)19-10-6-3-7-11-19/h2-16H,1H3. The van der Waals surface area contributed by atoms with E-state index in [0.29, 0.717) is 5.57 Å². The first-order valence-electron chi connectivity index (χ1n) is 8.54. The zero-order valence-corrected chi connectivity index (χ0v) is 14.5. The number of hydrogen-bond acceptors (Lipinski definition) is 2. The first kappa shape index (κ1) is 16.1. The summed E-state index contributed by atoms with van der Waals surface area (Å²) in [6.07, 6.45) is 2.00. The maximum Gasteiger partial charge on any atom is 0.194 e. The molecule has 0 heterocycles. The molecule has 0 unspecified atom stereocenters. The van der Waals surface area contributed by atoms with E-state index in [0.717, 1.165) is 33.6 Å². The summed E-state index contributed by atoms with van der Waals surface area (Å²) in [6.45, 7) is 0. The van der Waals surface area contributed by atoms with Crippen LogP contribution >= 0.6 is 0 Å². The summed E-state index contributed by atoms with van der Waals surface area (Å²) in [4.78, 5) is 13.3. The van der Waals surface area contributed by atoms with Crippen molar-refractivity contribution in [3.63, 3.8) is 0 Å². The van der Waals surface area contributed by atoms with Gasteiger partial charge in [-0.25, -0.2) is 0 Å². The number of allylic oxidation sites excluding steroid dienone is 4. The Morgan fingerprint density at radius 1 is 0.654 bits per heavy atom. The predicted molar refractivity (Wildman–Crippen MR) is 106 cm³/mol. The summed E-state index contributed by atoms with van der Waals surface area (Å²) in [5.41, 5.74) is 5.31. The van der Waals surface area contributed by atoms with Crippen molar-refractivity contribution < 1.29 is 9.53 Å². The molecule has 0 saturated carbocycles. The molecule has 0 saturated heterocycles. The van der Waals surface area contributed by atoms with Gasteiger partial charge in [-0.15, -0.1) is 0 Å². The predicted octanol–water partition coefficient (Wildman–Crippen LogP) is 5.27. The second-order valence-corrected chi connectivity index (χ2v) is 6.14. The fraction of sp³-hybridized carbons (Fsp3) is 0.0417. The van der Waals surface area contributed by atoms with Gasteiger partial charge in [-0.3, -0.25) is 4.79 Å². The van der Waals surface area contributed by atoms with E-state index >= 15 is 0 Å². The molecule has 2 nitrogen and oxygen atoms in total. The molecule has 0 fully saturated rings. The van der Waals surface area contributed by atoms with E-state index in [-0.39, 0.29) is 5.78 Å². The first-order chi connectivity index (χ1) is 12.8. The second kappa shape index (κ2) is 6.85. The minimum absolute atomic E-state index is 0.0558. The van der Waals surface area contributed by atoms with Crippen molar-refractivity contribution in [3.8, 4) is 5.75 Å². The Labute approximate surface area is 153 Å². The average Bonchev–Trinajstić information content (AvgIpc) is 3.06. The highest BCUT2D eigenvalue weighted by Crippen LogP contribution is 2.40. The van der Waals surface area contributed by atoms with Crippen molar-refractivity contribution in [2.75, 3.05) is 7.11 Å². The second-order valence-electron chi connectivity index (χ2n) is 6.14. The topological polar surface area (TPSA) is 26.3 Å². The van der Waals surface area contributed by atoms with E-state index in [1.807, 2.05) is 91.0 Å². The number of rotatable bonds is 4. The van der Waals surface area contributed by atoms with Crippen LogP contribution in [0.4, 0.5) is 0 Å². The molecule has 0 radical (unpaired) electrons. The Morgan fingerprint density at radius 2 is 1.23 bits per heavy atom. The van der Waals surface area contributed by atoms with E-state index in [1.54, 1.807) is 7.11 Å². The van der Waals surface area contributed by atoms with Crippen LogP contribution in [0, 0.1) is 0 Å². The van der Waals surface area contributed by atoms with Crippen LogP contribution in [0.25, 0.3) is 16.7 Å². The zero-order chi connectivity index (χ0) is 17.9. The Hall–Kier alpha value is -3.39. The van der Waals surface area contributed by atoms with Gasteiger partial charge in [0.05, 0.1) is 7.11 Å². The van der Waals surface area contributed by atoms with Crippen LogP contribution in [0.5, 0.6) is 5.75 Å². The van der Waals surface area contributed by atoms with E-state index in [9.17, 15) is 4.79 Å². The van der Waals surface area contributed by atoms with Crippen molar-refractivity contribution >= 4 is 22.5 Å². The number of benzene rings is 3. The molecule has 1 aliphatic rings. The Kier molecular flexibility index (Phi) is 4.24. The normalized spacial score (nSPS) is 13.7. The Balaban J connectivity index is 1.84. The molecule has 0 aliphatic heterocycles. The van der Waals surface area contributed by atoms with Gasteiger partial charge in [0.15, 0.2) is 5.78 Å². The summed E-state index contributed by atoms with van der Waals surface area (Å²) < 4.78 is 5.22. The van der Waals surface area contributed by atoms with E-state index < -0.39 is 0 Å². The van der Waals surface area contributed by atoms with E-state index in [1.165, 1.54) is 0 Å². The van der Waals surface area contributed by atoms with Crippen LogP contribution in [0.15, 0.2) is 91.0 Å². The SMILES string of the molecule is COc1ccc(C2=CC(c3ccccc3)=C(c3ccccc3)C2=O)cc1. The zero-order valence-electron chi connectivity index (χ0n) is 14.5. The summed E-state index contributed by atoms with van der Waals surface area (Å²) in [5, 5.41) is 0. The number of ketones is 1. The molecule has 3 aromatic rings. The maximum atomic E-state index is 13.3. The van der Waals surface area contributed by atoms with Crippen molar-refractivity contribution in [2.45, 2.75) is 0 Å². The number of ether oxygens (including phenoxy) is 1. The highest BCUT2D eigenvalue weighted by molar-refractivity contribution is 6.51. The largest absolute Gasteiger partial charge is 0.497 e. The van der Waals surface area contributed by atoms with Gasteiger partial charge in [-0.05, 0) is 40.5 Å². The van der Waals surface area contributed by atoms with E-state index in [2.05, 4.69) is 0 Å². The van der Waals surface area contributed by atoms with Crippen molar-refractivity contribution in [3.05, 3.63) is 108 Å². The highest BCUT2D eigenvalue weighted by atomic mass is 16.5. The Bertz CT molecular complexity index is 995.